The van der Waals surface area contributed by atoms with Gasteiger partial charge in [-0.1, -0.05) is 6.92 Å². The number of rotatable bonds is 8. The summed E-state index contributed by atoms with van der Waals surface area (Å²) in [4.78, 5) is 35.7. The van der Waals surface area contributed by atoms with Crippen LogP contribution in [-0.2, 0) is 25.4 Å². The Bertz CT molecular complexity index is 1080. The number of anilines is 1. The van der Waals surface area contributed by atoms with Crippen molar-refractivity contribution in [3.63, 3.8) is 0 Å². The molecule has 0 aliphatic rings. The van der Waals surface area contributed by atoms with Gasteiger partial charge in [0.15, 0.2) is 0 Å². The van der Waals surface area contributed by atoms with Gasteiger partial charge in [0.1, 0.15) is 24.1 Å². The van der Waals surface area contributed by atoms with E-state index < -0.39 is 22.8 Å². The molecule has 0 bridgehead atoms. The van der Waals surface area contributed by atoms with Gasteiger partial charge < -0.3 is 10.6 Å². The van der Waals surface area contributed by atoms with Crippen LogP contribution < -0.4 is 10.6 Å². The number of aryl methyl sites for hydroxylation is 2. The van der Waals surface area contributed by atoms with Crippen molar-refractivity contribution < 1.29 is 14.5 Å². The van der Waals surface area contributed by atoms with Crippen LogP contribution in [0.2, 0.25) is 0 Å². The third-order valence-electron chi connectivity index (χ3n) is 4.43. The van der Waals surface area contributed by atoms with Gasteiger partial charge in [0.05, 0.1) is 23.0 Å². The van der Waals surface area contributed by atoms with E-state index in [4.69, 9.17) is 0 Å². The first-order valence-electron chi connectivity index (χ1n) is 9.07. The minimum Gasteiger partial charge on any atom is -0.346 e. The monoisotopic (exact) mass is 415 g/mol. The molecular formula is C17H21N9O4. The van der Waals surface area contributed by atoms with Crippen molar-refractivity contribution >= 4 is 23.2 Å². The summed E-state index contributed by atoms with van der Waals surface area (Å²) >= 11 is 0. The second-order valence-corrected chi connectivity index (χ2v) is 6.58. The maximum atomic E-state index is 12.8. The third-order valence-corrected chi connectivity index (χ3v) is 4.43. The molecule has 158 valence electrons. The molecule has 13 heteroatoms. The molecule has 2 N–H and O–H groups in total. The Balaban J connectivity index is 1.73. The van der Waals surface area contributed by atoms with Crippen molar-refractivity contribution in [2.24, 2.45) is 14.1 Å². The normalized spacial score (nSPS) is 11.8. The Morgan fingerprint density at radius 1 is 1.17 bits per heavy atom. The third kappa shape index (κ3) is 4.34. The number of nitro groups is 1. The standard InChI is InChI=1S/C17H21N9O4/c1-4-14(25-10-12(7-21-25)26(29)30)16(27)22-13-8-20-24(3)15(13)17(28)18-5-11-6-19-23(2)9-11/h6-10,14H,4-5H2,1-3H3,(H,18,28)(H,22,27). The molecule has 30 heavy (non-hydrogen) atoms. The number of hydrogen-bond donors (Lipinski definition) is 2. The van der Waals surface area contributed by atoms with Crippen LogP contribution in [0.1, 0.15) is 35.4 Å². The summed E-state index contributed by atoms with van der Waals surface area (Å²) in [6, 6.07) is -0.787. The van der Waals surface area contributed by atoms with Crippen molar-refractivity contribution in [2.45, 2.75) is 25.9 Å². The van der Waals surface area contributed by atoms with Crippen LogP contribution in [-0.4, -0.2) is 46.1 Å². The first kappa shape index (κ1) is 20.7. The Hall–Kier alpha value is -4.03. The van der Waals surface area contributed by atoms with Crippen molar-refractivity contribution in [3.8, 4) is 0 Å². The van der Waals surface area contributed by atoms with Gasteiger partial charge in [0.25, 0.3) is 5.91 Å². The fraction of sp³-hybridized carbons (Fsp3) is 0.353. The van der Waals surface area contributed by atoms with Gasteiger partial charge >= 0.3 is 5.69 Å². The number of aromatic nitrogens is 6. The Kier molecular flexibility index (Phi) is 5.90. The molecule has 1 unspecified atom stereocenters. The predicted octanol–water partition coefficient (Wildman–Crippen LogP) is 0.778. The lowest BCUT2D eigenvalue weighted by atomic mass is 10.2. The summed E-state index contributed by atoms with van der Waals surface area (Å²) in [5, 5.41) is 28.3. The lowest BCUT2D eigenvalue weighted by Gasteiger charge is -2.15. The number of hydrogen-bond acceptors (Lipinski definition) is 7. The van der Waals surface area contributed by atoms with E-state index in [1.54, 1.807) is 38.1 Å². The highest BCUT2D eigenvalue weighted by atomic mass is 16.6. The van der Waals surface area contributed by atoms with Crippen LogP contribution in [0.4, 0.5) is 11.4 Å². The molecule has 0 spiro atoms. The van der Waals surface area contributed by atoms with Crippen LogP contribution in [0.25, 0.3) is 0 Å². The highest BCUT2D eigenvalue weighted by Gasteiger charge is 2.25. The second kappa shape index (κ2) is 8.55. The molecule has 0 aromatic carbocycles. The summed E-state index contributed by atoms with van der Waals surface area (Å²) in [6.07, 6.45) is 7.40. The van der Waals surface area contributed by atoms with Gasteiger partial charge in [-0.05, 0) is 6.42 Å². The van der Waals surface area contributed by atoms with Gasteiger partial charge in [-0.25, -0.2) is 0 Å². The molecule has 13 nitrogen and oxygen atoms in total. The minimum absolute atomic E-state index is 0.175. The SMILES string of the molecule is CCC(C(=O)Nc1cnn(C)c1C(=O)NCc1cnn(C)c1)n1cc([N+](=O)[O-])cn1. The lowest BCUT2D eigenvalue weighted by molar-refractivity contribution is -0.385. The van der Waals surface area contributed by atoms with Crippen LogP contribution >= 0.6 is 0 Å². The van der Waals surface area contributed by atoms with E-state index in [0.29, 0.717) is 6.42 Å². The summed E-state index contributed by atoms with van der Waals surface area (Å²) in [6.45, 7) is 2.02. The van der Waals surface area contributed by atoms with Gasteiger partial charge in [0.2, 0.25) is 5.91 Å². The Labute approximate surface area is 170 Å². The average Bonchev–Trinajstić information content (AvgIpc) is 3.41. The van der Waals surface area contributed by atoms with Crippen molar-refractivity contribution in [2.75, 3.05) is 5.32 Å². The second-order valence-electron chi connectivity index (χ2n) is 6.58. The zero-order valence-corrected chi connectivity index (χ0v) is 16.6. The van der Waals surface area contributed by atoms with Crippen LogP contribution in [0, 0.1) is 10.1 Å². The van der Waals surface area contributed by atoms with E-state index in [1.807, 2.05) is 0 Å². The van der Waals surface area contributed by atoms with E-state index in [1.165, 1.54) is 21.8 Å². The van der Waals surface area contributed by atoms with Crippen molar-refractivity contribution in [3.05, 3.63) is 52.4 Å². The zero-order valence-electron chi connectivity index (χ0n) is 16.6. The Morgan fingerprint density at radius 3 is 2.53 bits per heavy atom. The van der Waals surface area contributed by atoms with Crippen molar-refractivity contribution in [1.29, 1.82) is 0 Å². The molecule has 0 aliphatic carbocycles. The summed E-state index contributed by atoms with van der Waals surface area (Å²) in [5.41, 5.74) is 1.02. The molecule has 3 aromatic heterocycles. The number of nitrogens with zero attached hydrogens (tertiary/aromatic N) is 7. The van der Waals surface area contributed by atoms with Gasteiger partial charge in [-0.15, -0.1) is 0 Å². The molecule has 0 fully saturated rings. The number of carbonyl (C=O) groups excluding carboxylic acids is 2. The highest BCUT2D eigenvalue weighted by molar-refractivity contribution is 6.03. The smallest absolute Gasteiger partial charge is 0.307 e. The molecule has 0 saturated heterocycles. The molecule has 0 saturated carbocycles. The summed E-state index contributed by atoms with van der Waals surface area (Å²) in [5.74, 6) is -0.887. The van der Waals surface area contributed by atoms with Gasteiger partial charge in [-0.3, -0.25) is 33.7 Å². The van der Waals surface area contributed by atoms with Gasteiger partial charge in [-0.2, -0.15) is 15.3 Å². The van der Waals surface area contributed by atoms with Crippen LogP contribution in [0.15, 0.2) is 31.0 Å². The fourth-order valence-corrected chi connectivity index (χ4v) is 2.93. The van der Waals surface area contributed by atoms with Crippen LogP contribution in [0.5, 0.6) is 0 Å². The quantitative estimate of drug-likeness (QED) is 0.407. The molecule has 3 rings (SSSR count). The Morgan fingerprint density at radius 2 is 1.93 bits per heavy atom. The molecule has 3 heterocycles. The highest BCUT2D eigenvalue weighted by Crippen LogP contribution is 2.20. The lowest BCUT2D eigenvalue weighted by Crippen LogP contribution is -2.29. The first-order valence-corrected chi connectivity index (χ1v) is 9.07. The zero-order chi connectivity index (χ0) is 21.8. The topological polar surface area (TPSA) is 155 Å². The van der Waals surface area contributed by atoms with E-state index >= 15 is 0 Å². The van der Waals surface area contributed by atoms with E-state index in [9.17, 15) is 19.7 Å². The largest absolute Gasteiger partial charge is 0.346 e. The predicted molar refractivity (Wildman–Crippen MR) is 104 cm³/mol. The molecular weight excluding hydrogens is 394 g/mol. The molecule has 3 aromatic rings. The number of amides is 2. The minimum atomic E-state index is -0.787. The summed E-state index contributed by atoms with van der Waals surface area (Å²) < 4.78 is 4.21. The maximum absolute atomic E-state index is 12.8. The first-order chi connectivity index (χ1) is 14.3. The van der Waals surface area contributed by atoms with Crippen LogP contribution in [0.3, 0.4) is 0 Å². The number of nitrogens with one attached hydrogen (secondary N) is 2. The molecule has 2 amide bonds. The maximum Gasteiger partial charge on any atom is 0.307 e. The number of carbonyl (C=O) groups is 2. The average molecular weight is 415 g/mol. The molecule has 0 aliphatic heterocycles. The molecule has 1 atom stereocenters. The van der Waals surface area contributed by atoms with E-state index in [0.717, 1.165) is 11.8 Å². The van der Waals surface area contributed by atoms with E-state index in [-0.39, 0.29) is 23.6 Å². The van der Waals surface area contributed by atoms with Crippen molar-refractivity contribution in [1.82, 2.24) is 34.7 Å². The van der Waals surface area contributed by atoms with E-state index in [2.05, 4.69) is 25.9 Å². The van der Waals surface area contributed by atoms with Gasteiger partial charge in [0, 0.05) is 32.4 Å². The fourth-order valence-electron chi connectivity index (χ4n) is 2.93. The summed E-state index contributed by atoms with van der Waals surface area (Å²) in [7, 11) is 3.36. The molecule has 0 radical (unpaired) electrons.